The first-order valence-electron chi connectivity index (χ1n) is 9.86. The Labute approximate surface area is 188 Å². The number of rotatable bonds is 7. The van der Waals surface area contributed by atoms with E-state index in [0.717, 1.165) is 11.1 Å². The van der Waals surface area contributed by atoms with E-state index in [0.29, 0.717) is 10.9 Å². The molecular formula is C23H19F2N3O4S. The molecule has 0 saturated heterocycles. The molecule has 0 aliphatic rings. The van der Waals surface area contributed by atoms with Gasteiger partial charge in [0.25, 0.3) is 15.9 Å². The molecule has 0 atom stereocenters. The first-order chi connectivity index (χ1) is 15.7. The molecule has 7 nitrogen and oxygen atoms in total. The van der Waals surface area contributed by atoms with Crippen molar-refractivity contribution in [2.45, 2.75) is 25.0 Å². The van der Waals surface area contributed by atoms with Gasteiger partial charge in [-0.25, -0.2) is 13.1 Å². The predicted octanol–water partition coefficient (Wildman–Crippen LogP) is 4.11. The summed E-state index contributed by atoms with van der Waals surface area (Å²) in [7, 11) is -4.08. The lowest BCUT2D eigenvalue weighted by Crippen LogP contribution is -2.31. The number of carbonyl (C=O) groups is 1. The predicted molar refractivity (Wildman–Crippen MR) is 118 cm³/mol. The van der Waals surface area contributed by atoms with E-state index in [1.54, 1.807) is 53.2 Å². The fourth-order valence-corrected chi connectivity index (χ4v) is 4.26. The molecule has 170 valence electrons. The van der Waals surface area contributed by atoms with Gasteiger partial charge in [-0.3, -0.25) is 9.48 Å². The molecule has 0 radical (unpaired) electrons. The summed E-state index contributed by atoms with van der Waals surface area (Å²) in [4.78, 5) is 12.8. The minimum Gasteiger partial charge on any atom is -0.435 e. The van der Waals surface area contributed by atoms with Crippen LogP contribution in [0.25, 0.3) is 10.9 Å². The summed E-state index contributed by atoms with van der Waals surface area (Å²) in [6, 6.07) is 19.1. The number of hydrogen-bond acceptors (Lipinski definition) is 5. The van der Waals surface area contributed by atoms with Gasteiger partial charge in [-0.15, -0.1) is 0 Å². The summed E-state index contributed by atoms with van der Waals surface area (Å²) in [6.07, 6.45) is 0. The highest BCUT2D eigenvalue weighted by Gasteiger charge is 2.23. The molecular weight excluding hydrogens is 452 g/mol. The van der Waals surface area contributed by atoms with Crippen LogP contribution in [0.5, 0.6) is 5.75 Å². The van der Waals surface area contributed by atoms with E-state index in [1.165, 1.54) is 24.3 Å². The minimum atomic E-state index is -4.08. The van der Waals surface area contributed by atoms with Gasteiger partial charge in [0.2, 0.25) is 0 Å². The van der Waals surface area contributed by atoms with Crippen LogP contribution in [0.2, 0.25) is 0 Å². The molecule has 4 aromatic rings. The van der Waals surface area contributed by atoms with E-state index in [-0.39, 0.29) is 22.9 Å². The lowest BCUT2D eigenvalue weighted by Gasteiger charge is -2.07. The number of para-hydroxylation sites is 1. The van der Waals surface area contributed by atoms with E-state index in [1.807, 2.05) is 6.92 Å². The number of nitrogens with zero attached hydrogens (tertiary/aromatic N) is 2. The van der Waals surface area contributed by atoms with Crippen molar-refractivity contribution in [3.8, 4) is 5.75 Å². The molecule has 0 bridgehead atoms. The van der Waals surface area contributed by atoms with Gasteiger partial charge < -0.3 is 4.74 Å². The van der Waals surface area contributed by atoms with Gasteiger partial charge in [-0.1, -0.05) is 48.0 Å². The van der Waals surface area contributed by atoms with Crippen LogP contribution in [0.15, 0.2) is 77.7 Å². The molecule has 1 amide bonds. The molecule has 1 aromatic heterocycles. The lowest BCUT2D eigenvalue weighted by molar-refractivity contribution is -0.0498. The summed E-state index contributed by atoms with van der Waals surface area (Å²) in [5.74, 6) is -0.827. The Balaban J connectivity index is 1.61. The SMILES string of the molecule is Cc1ccc(S(=O)(=O)NC(=O)c2nn(Cc3ccc(OC(F)F)cc3)c3ccccc23)cc1. The van der Waals surface area contributed by atoms with E-state index < -0.39 is 22.5 Å². The van der Waals surface area contributed by atoms with Gasteiger partial charge in [0, 0.05) is 5.39 Å². The largest absolute Gasteiger partial charge is 0.435 e. The number of hydrogen-bond donors (Lipinski definition) is 1. The first kappa shape index (κ1) is 22.4. The maximum Gasteiger partial charge on any atom is 0.387 e. The van der Waals surface area contributed by atoms with Gasteiger partial charge >= 0.3 is 6.61 Å². The van der Waals surface area contributed by atoms with Crippen LogP contribution < -0.4 is 9.46 Å². The van der Waals surface area contributed by atoms with Gasteiger partial charge in [0.15, 0.2) is 5.69 Å². The number of nitrogens with one attached hydrogen (secondary N) is 1. The van der Waals surface area contributed by atoms with Crippen molar-refractivity contribution < 1.29 is 26.7 Å². The summed E-state index contributed by atoms with van der Waals surface area (Å²) < 4.78 is 57.9. The number of benzene rings is 3. The van der Waals surface area contributed by atoms with Gasteiger partial charge in [0.1, 0.15) is 5.75 Å². The maximum absolute atomic E-state index is 12.9. The molecule has 0 aliphatic heterocycles. The number of carbonyl (C=O) groups excluding carboxylic acids is 1. The zero-order chi connectivity index (χ0) is 23.6. The molecule has 0 unspecified atom stereocenters. The Hall–Kier alpha value is -3.79. The second-order valence-corrected chi connectivity index (χ2v) is 8.98. The van der Waals surface area contributed by atoms with Crippen LogP contribution >= 0.6 is 0 Å². The Kier molecular flexibility index (Phi) is 6.10. The zero-order valence-electron chi connectivity index (χ0n) is 17.4. The number of amides is 1. The van der Waals surface area contributed by atoms with Gasteiger partial charge in [-0.05, 0) is 42.8 Å². The van der Waals surface area contributed by atoms with Crippen molar-refractivity contribution in [2.75, 3.05) is 0 Å². The average Bonchev–Trinajstić information content (AvgIpc) is 3.13. The highest BCUT2D eigenvalue weighted by Crippen LogP contribution is 2.22. The van der Waals surface area contributed by atoms with Crippen molar-refractivity contribution in [1.29, 1.82) is 0 Å². The van der Waals surface area contributed by atoms with Crippen LogP contribution in [-0.2, 0) is 16.6 Å². The number of aryl methyl sites for hydroxylation is 1. The molecule has 10 heteroatoms. The molecule has 4 rings (SSSR count). The third-order valence-electron chi connectivity index (χ3n) is 4.91. The Bertz CT molecular complexity index is 1400. The molecule has 3 aromatic carbocycles. The molecule has 0 fully saturated rings. The monoisotopic (exact) mass is 471 g/mol. The van der Waals surface area contributed by atoms with Crippen LogP contribution in [0.4, 0.5) is 8.78 Å². The topological polar surface area (TPSA) is 90.3 Å². The number of fused-ring (bicyclic) bond motifs is 1. The van der Waals surface area contributed by atoms with Crippen molar-refractivity contribution in [1.82, 2.24) is 14.5 Å². The summed E-state index contributed by atoms with van der Waals surface area (Å²) in [5.41, 5.74) is 2.19. The van der Waals surface area contributed by atoms with Crippen LogP contribution in [0.1, 0.15) is 21.6 Å². The quantitative estimate of drug-likeness (QED) is 0.438. The third-order valence-corrected chi connectivity index (χ3v) is 6.26. The summed E-state index contributed by atoms with van der Waals surface area (Å²) >= 11 is 0. The number of aromatic nitrogens is 2. The highest BCUT2D eigenvalue weighted by atomic mass is 32.2. The molecule has 1 heterocycles. The van der Waals surface area contributed by atoms with Crippen molar-refractivity contribution in [3.63, 3.8) is 0 Å². The van der Waals surface area contributed by atoms with Crippen LogP contribution in [-0.4, -0.2) is 30.7 Å². The standard InChI is InChI=1S/C23H19F2N3O4S/c1-15-6-12-18(13-7-15)33(30,31)27-22(29)21-19-4-2-3-5-20(19)28(26-21)14-16-8-10-17(11-9-16)32-23(24)25/h2-13,23H,14H2,1H3,(H,27,29). The fraction of sp³-hybridized carbons (Fsp3) is 0.130. The number of ether oxygens (including phenoxy) is 1. The van der Waals surface area contributed by atoms with Crippen LogP contribution in [0.3, 0.4) is 0 Å². The summed E-state index contributed by atoms with van der Waals surface area (Å²) in [6.45, 7) is -0.858. The van der Waals surface area contributed by atoms with E-state index in [2.05, 4.69) is 14.6 Å². The maximum atomic E-state index is 12.9. The normalized spacial score (nSPS) is 11.6. The Morgan fingerprint density at radius 2 is 1.70 bits per heavy atom. The van der Waals surface area contributed by atoms with Crippen molar-refractivity contribution in [2.24, 2.45) is 0 Å². The third kappa shape index (κ3) is 5.01. The van der Waals surface area contributed by atoms with Crippen molar-refractivity contribution >= 4 is 26.8 Å². The fourth-order valence-electron chi connectivity index (χ4n) is 3.31. The molecule has 1 N–H and O–H groups in total. The van der Waals surface area contributed by atoms with Gasteiger partial charge in [0.05, 0.1) is 17.0 Å². The van der Waals surface area contributed by atoms with E-state index in [9.17, 15) is 22.0 Å². The highest BCUT2D eigenvalue weighted by molar-refractivity contribution is 7.90. The molecule has 0 aliphatic carbocycles. The first-order valence-corrected chi connectivity index (χ1v) is 11.3. The van der Waals surface area contributed by atoms with Crippen LogP contribution in [0, 0.1) is 6.92 Å². The molecule has 0 saturated carbocycles. The average molecular weight is 471 g/mol. The van der Waals surface area contributed by atoms with E-state index >= 15 is 0 Å². The van der Waals surface area contributed by atoms with Gasteiger partial charge in [-0.2, -0.15) is 13.9 Å². The number of halogens is 2. The number of sulfonamides is 1. The zero-order valence-corrected chi connectivity index (χ0v) is 18.2. The minimum absolute atomic E-state index is 0.0282. The molecule has 0 spiro atoms. The van der Waals surface area contributed by atoms with Crippen molar-refractivity contribution in [3.05, 3.63) is 89.6 Å². The number of alkyl halides is 2. The second-order valence-electron chi connectivity index (χ2n) is 7.29. The smallest absolute Gasteiger partial charge is 0.387 e. The lowest BCUT2D eigenvalue weighted by atomic mass is 10.2. The Morgan fingerprint density at radius 3 is 2.36 bits per heavy atom. The Morgan fingerprint density at radius 1 is 1.03 bits per heavy atom. The molecule has 33 heavy (non-hydrogen) atoms. The summed E-state index contributed by atoms with van der Waals surface area (Å²) in [5, 5.41) is 4.81. The van der Waals surface area contributed by atoms with E-state index in [4.69, 9.17) is 0 Å². The second kappa shape index (κ2) is 8.99.